The minimum absolute atomic E-state index is 1.17. The zero-order valence-electron chi connectivity index (χ0n) is 5.56. The van der Waals surface area contributed by atoms with E-state index in [1.807, 2.05) is 14.1 Å². The van der Waals surface area contributed by atoms with E-state index in [1.165, 1.54) is 10.7 Å². The summed E-state index contributed by atoms with van der Waals surface area (Å²) in [7, 11) is 3.84. The predicted molar refractivity (Wildman–Crippen MR) is 43.4 cm³/mol. The van der Waals surface area contributed by atoms with E-state index < -0.39 is 0 Å². The van der Waals surface area contributed by atoms with E-state index in [-0.39, 0.29) is 0 Å². The highest BCUT2D eigenvalue weighted by Gasteiger charge is 1.92. The lowest BCUT2D eigenvalue weighted by Gasteiger charge is -1.90. The molecule has 1 aromatic rings. The molecular weight excluding hydrogens is 132 g/mol. The molecule has 0 unspecified atom stereocenters. The SMILES string of the molecule is CNc1csc(NC)c1. The van der Waals surface area contributed by atoms with Gasteiger partial charge < -0.3 is 10.6 Å². The van der Waals surface area contributed by atoms with Gasteiger partial charge >= 0.3 is 0 Å². The van der Waals surface area contributed by atoms with Crippen LogP contribution in [0.25, 0.3) is 0 Å². The van der Waals surface area contributed by atoms with E-state index in [0.29, 0.717) is 0 Å². The van der Waals surface area contributed by atoms with E-state index in [0.717, 1.165) is 0 Å². The Labute approximate surface area is 58.9 Å². The fourth-order valence-corrected chi connectivity index (χ4v) is 1.35. The first-order valence-electron chi connectivity index (χ1n) is 2.81. The third-order valence-electron chi connectivity index (χ3n) is 1.13. The van der Waals surface area contributed by atoms with E-state index >= 15 is 0 Å². The molecule has 0 spiro atoms. The fourth-order valence-electron chi connectivity index (χ4n) is 0.598. The Balaban J connectivity index is 2.74. The first-order valence-corrected chi connectivity index (χ1v) is 3.69. The molecule has 0 bridgehead atoms. The third-order valence-corrected chi connectivity index (χ3v) is 2.08. The number of rotatable bonds is 2. The van der Waals surface area contributed by atoms with Gasteiger partial charge in [-0.25, -0.2) is 0 Å². The molecule has 0 atom stereocenters. The molecule has 1 heterocycles. The van der Waals surface area contributed by atoms with Gasteiger partial charge in [-0.15, -0.1) is 11.3 Å². The van der Waals surface area contributed by atoms with Gasteiger partial charge in [0.25, 0.3) is 0 Å². The molecule has 0 radical (unpaired) electrons. The quantitative estimate of drug-likeness (QED) is 0.658. The summed E-state index contributed by atoms with van der Waals surface area (Å²) in [5.41, 5.74) is 1.17. The molecule has 2 nitrogen and oxygen atoms in total. The van der Waals surface area contributed by atoms with Crippen LogP contribution in [0.1, 0.15) is 0 Å². The van der Waals surface area contributed by atoms with Crippen molar-refractivity contribution >= 4 is 22.0 Å². The van der Waals surface area contributed by atoms with Crippen LogP contribution in [0.2, 0.25) is 0 Å². The lowest BCUT2D eigenvalue weighted by molar-refractivity contribution is 1.54. The van der Waals surface area contributed by atoms with E-state index in [9.17, 15) is 0 Å². The summed E-state index contributed by atoms with van der Waals surface area (Å²) >= 11 is 1.70. The monoisotopic (exact) mass is 142 g/mol. The van der Waals surface area contributed by atoms with Crippen molar-refractivity contribution in [3.63, 3.8) is 0 Å². The van der Waals surface area contributed by atoms with Crippen LogP contribution in [-0.4, -0.2) is 14.1 Å². The molecule has 0 saturated carbocycles. The van der Waals surface area contributed by atoms with Crippen LogP contribution in [0, 0.1) is 0 Å². The van der Waals surface area contributed by atoms with Crippen molar-refractivity contribution in [2.45, 2.75) is 0 Å². The second-order valence-corrected chi connectivity index (χ2v) is 2.61. The van der Waals surface area contributed by atoms with Gasteiger partial charge in [0.15, 0.2) is 0 Å². The van der Waals surface area contributed by atoms with Gasteiger partial charge in [-0.05, 0) is 6.07 Å². The first kappa shape index (κ1) is 6.42. The maximum absolute atomic E-state index is 3.06. The molecule has 9 heavy (non-hydrogen) atoms. The van der Waals surface area contributed by atoms with Gasteiger partial charge in [-0.2, -0.15) is 0 Å². The minimum Gasteiger partial charge on any atom is -0.387 e. The van der Waals surface area contributed by atoms with Crippen molar-refractivity contribution in [3.05, 3.63) is 11.4 Å². The lowest BCUT2D eigenvalue weighted by atomic mass is 10.5. The Morgan fingerprint density at radius 1 is 1.33 bits per heavy atom. The van der Waals surface area contributed by atoms with Crippen LogP contribution < -0.4 is 10.6 Å². The zero-order chi connectivity index (χ0) is 6.69. The van der Waals surface area contributed by atoms with Crippen molar-refractivity contribution in [2.24, 2.45) is 0 Å². The molecule has 0 aromatic carbocycles. The van der Waals surface area contributed by atoms with E-state index in [2.05, 4.69) is 22.1 Å². The van der Waals surface area contributed by atoms with Gasteiger partial charge in [-0.3, -0.25) is 0 Å². The van der Waals surface area contributed by atoms with Crippen LogP contribution in [-0.2, 0) is 0 Å². The minimum atomic E-state index is 1.17. The molecule has 0 aliphatic rings. The number of nitrogens with one attached hydrogen (secondary N) is 2. The normalized spacial score (nSPS) is 9.11. The molecule has 1 rings (SSSR count). The van der Waals surface area contributed by atoms with E-state index in [4.69, 9.17) is 0 Å². The Morgan fingerprint density at radius 3 is 2.44 bits per heavy atom. The largest absolute Gasteiger partial charge is 0.387 e. The molecule has 0 aliphatic heterocycles. The smallest absolute Gasteiger partial charge is 0.0901 e. The summed E-state index contributed by atoms with van der Waals surface area (Å²) < 4.78 is 0. The average Bonchev–Trinajstić information content (AvgIpc) is 2.34. The Morgan fingerprint density at radius 2 is 2.11 bits per heavy atom. The van der Waals surface area contributed by atoms with Crippen molar-refractivity contribution in [2.75, 3.05) is 24.7 Å². The highest BCUT2D eigenvalue weighted by Crippen LogP contribution is 2.22. The summed E-state index contributed by atoms with van der Waals surface area (Å²) in [6, 6.07) is 2.07. The van der Waals surface area contributed by atoms with Crippen LogP contribution >= 0.6 is 11.3 Å². The van der Waals surface area contributed by atoms with Gasteiger partial charge in [0.1, 0.15) is 0 Å². The maximum atomic E-state index is 3.06. The molecule has 0 fully saturated rings. The topological polar surface area (TPSA) is 24.1 Å². The molecule has 50 valence electrons. The third kappa shape index (κ3) is 1.36. The lowest BCUT2D eigenvalue weighted by Crippen LogP contribution is -1.84. The summed E-state index contributed by atoms with van der Waals surface area (Å²) in [5, 5.41) is 9.38. The van der Waals surface area contributed by atoms with Crippen LogP contribution in [0.4, 0.5) is 10.7 Å². The first-order chi connectivity index (χ1) is 4.36. The highest BCUT2D eigenvalue weighted by molar-refractivity contribution is 7.14. The van der Waals surface area contributed by atoms with E-state index in [1.54, 1.807) is 11.3 Å². The van der Waals surface area contributed by atoms with Crippen LogP contribution in [0.15, 0.2) is 11.4 Å². The molecule has 0 amide bonds. The fraction of sp³-hybridized carbons (Fsp3) is 0.333. The molecule has 2 N–H and O–H groups in total. The Hall–Kier alpha value is -0.700. The maximum Gasteiger partial charge on any atom is 0.0901 e. The predicted octanol–water partition coefficient (Wildman–Crippen LogP) is 1.83. The highest BCUT2D eigenvalue weighted by atomic mass is 32.1. The van der Waals surface area contributed by atoms with Gasteiger partial charge in [0, 0.05) is 25.2 Å². The van der Waals surface area contributed by atoms with Crippen LogP contribution in [0.3, 0.4) is 0 Å². The number of thiophene rings is 1. The Kier molecular flexibility index (Phi) is 1.95. The number of anilines is 2. The summed E-state index contributed by atoms with van der Waals surface area (Å²) in [5.74, 6) is 0. The summed E-state index contributed by atoms with van der Waals surface area (Å²) in [6.45, 7) is 0. The van der Waals surface area contributed by atoms with Gasteiger partial charge in [0.05, 0.1) is 5.00 Å². The average molecular weight is 142 g/mol. The zero-order valence-corrected chi connectivity index (χ0v) is 6.38. The number of hydrogen-bond donors (Lipinski definition) is 2. The van der Waals surface area contributed by atoms with Crippen molar-refractivity contribution in [1.29, 1.82) is 0 Å². The molecule has 0 aliphatic carbocycles. The summed E-state index contributed by atoms with van der Waals surface area (Å²) in [6.07, 6.45) is 0. The number of hydrogen-bond acceptors (Lipinski definition) is 3. The van der Waals surface area contributed by atoms with Crippen LogP contribution in [0.5, 0.6) is 0 Å². The van der Waals surface area contributed by atoms with Crippen molar-refractivity contribution in [1.82, 2.24) is 0 Å². The van der Waals surface area contributed by atoms with Gasteiger partial charge in [-0.1, -0.05) is 0 Å². The van der Waals surface area contributed by atoms with Gasteiger partial charge in [0.2, 0.25) is 0 Å². The van der Waals surface area contributed by atoms with Crippen molar-refractivity contribution in [3.8, 4) is 0 Å². The second-order valence-electron chi connectivity index (χ2n) is 1.70. The summed E-state index contributed by atoms with van der Waals surface area (Å²) in [4.78, 5) is 0. The second kappa shape index (κ2) is 2.73. The standard InChI is InChI=1S/C6H10N2S/c1-7-5-3-6(8-2)9-4-5/h3-4,7-8H,1-2H3. The molecule has 0 saturated heterocycles. The van der Waals surface area contributed by atoms with Crippen molar-refractivity contribution < 1.29 is 0 Å². The molecule has 1 aromatic heterocycles. The Bertz CT molecular complexity index is 164. The molecule has 3 heteroatoms. The molecular formula is C6H10N2S.